The third-order valence-corrected chi connectivity index (χ3v) is 5.11. The molecule has 0 aliphatic rings. The number of nitrogens with zero attached hydrogens (tertiary/aromatic N) is 2. The molecule has 1 aromatic carbocycles. The molecule has 2 aromatic rings. The van der Waals surface area contributed by atoms with E-state index in [0.717, 1.165) is 24.6 Å². The van der Waals surface area contributed by atoms with E-state index in [1.165, 1.54) is 6.07 Å². The van der Waals surface area contributed by atoms with Gasteiger partial charge in [-0.15, -0.1) is 24.0 Å². The number of aliphatic imine (C=N–C) groups is 1. The van der Waals surface area contributed by atoms with E-state index in [4.69, 9.17) is 4.74 Å². The Bertz CT molecular complexity index is 759. The van der Waals surface area contributed by atoms with E-state index in [1.807, 2.05) is 13.0 Å². The van der Waals surface area contributed by atoms with Crippen molar-refractivity contribution in [1.82, 2.24) is 15.6 Å². The predicted molar refractivity (Wildman–Crippen MR) is 127 cm³/mol. The minimum atomic E-state index is -0.423. The van der Waals surface area contributed by atoms with Crippen molar-refractivity contribution in [2.24, 2.45) is 4.99 Å². The van der Waals surface area contributed by atoms with Crippen LogP contribution in [0.25, 0.3) is 0 Å². The number of rotatable bonds is 8. The minimum absolute atomic E-state index is 0. The number of hydrogen-bond donors (Lipinski definition) is 2. The molecule has 1 aromatic heterocycles. The van der Waals surface area contributed by atoms with Gasteiger partial charge >= 0.3 is 0 Å². The monoisotopic (exact) mass is 518 g/mol. The van der Waals surface area contributed by atoms with Crippen LogP contribution in [0.2, 0.25) is 0 Å². The summed E-state index contributed by atoms with van der Waals surface area (Å²) in [6, 6.07) is 8.35. The summed E-state index contributed by atoms with van der Waals surface area (Å²) in [4.78, 5) is 8.50. The molecule has 0 amide bonds. The summed E-state index contributed by atoms with van der Waals surface area (Å²) in [7, 11) is 0. The van der Waals surface area contributed by atoms with Gasteiger partial charge in [-0.2, -0.15) is 11.8 Å². The topological polar surface area (TPSA) is 58.5 Å². The van der Waals surface area contributed by atoms with Gasteiger partial charge in [0.2, 0.25) is 0 Å². The first-order valence-corrected chi connectivity index (χ1v) is 10.1. The fraction of sp³-hybridized carbons (Fsp3) is 0.400. The summed E-state index contributed by atoms with van der Waals surface area (Å²) in [5.74, 6) is 0.962. The van der Waals surface area contributed by atoms with Crippen molar-refractivity contribution in [3.8, 4) is 11.5 Å². The maximum absolute atomic E-state index is 14.3. The molecule has 0 saturated carbocycles. The van der Waals surface area contributed by atoms with E-state index in [2.05, 4.69) is 40.7 Å². The van der Waals surface area contributed by atoms with Gasteiger partial charge in [-0.05, 0) is 56.9 Å². The molecule has 0 spiro atoms. The van der Waals surface area contributed by atoms with E-state index in [1.54, 1.807) is 42.4 Å². The van der Waals surface area contributed by atoms with Crippen LogP contribution in [0.1, 0.15) is 26.3 Å². The van der Waals surface area contributed by atoms with E-state index < -0.39 is 5.82 Å². The first kappa shape index (κ1) is 24.5. The average Bonchev–Trinajstić information content (AvgIpc) is 2.67. The van der Waals surface area contributed by atoms with Crippen molar-refractivity contribution in [1.29, 1.82) is 0 Å². The van der Waals surface area contributed by atoms with Crippen molar-refractivity contribution in [3.05, 3.63) is 54.1 Å². The molecule has 0 unspecified atom stereocenters. The van der Waals surface area contributed by atoms with Gasteiger partial charge in [-0.3, -0.25) is 4.98 Å². The smallest absolute Gasteiger partial charge is 0.191 e. The Balaban J connectivity index is 0.00000392. The van der Waals surface area contributed by atoms with Gasteiger partial charge in [-0.25, -0.2) is 9.38 Å². The summed E-state index contributed by atoms with van der Waals surface area (Å²) in [6.45, 7) is 8.28. The highest BCUT2D eigenvalue weighted by atomic mass is 127. The fourth-order valence-electron chi connectivity index (χ4n) is 2.14. The molecule has 1 heterocycles. The molecule has 8 heteroatoms. The van der Waals surface area contributed by atoms with Gasteiger partial charge in [0.15, 0.2) is 17.5 Å². The molecule has 5 nitrogen and oxygen atoms in total. The van der Waals surface area contributed by atoms with Gasteiger partial charge in [-0.1, -0.05) is 6.07 Å². The number of guanidine groups is 1. The fourth-order valence-corrected chi connectivity index (χ4v) is 2.36. The van der Waals surface area contributed by atoms with Crippen LogP contribution in [0.5, 0.6) is 11.5 Å². The van der Waals surface area contributed by atoms with Crippen LogP contribution >= 0.6 is 35.7 Å². The van der Waals surface area contributed by atoms with Gasteiger partial charge in [0.25, 0.3) is 0 Å². The molecule has 0 bridgehead atoms. The van der Waals surface area contributed by atoms with Gasteiger partial charge in [0.1, 0.15) is 5.75 Å². The number of ether oxygens (including phenoxy) is 1. The Hall–Kier alpha value is -1.55. The normalized spacial score (nSPS) is 11.5. The number of hydrogen-bond acceptors (Lipinski definition) is 4. The van der Waals surface area contributed by atoms with Crippen LogP contribution in [-0.4, -0.2) is 35.0 Å². The number of nitrogens with one attached hydrogen (secondary N) is 2. The Morgan fingerprint density at radius 1 is 1.29 bits per heavy atom. The van der Waals surface area contributed by atoms with Gasteiger partial charge in [0.05, 0.1) is 12.7 Å². The van der Waals surface area contributed by atoms with Crippen LogP contribution < -0.4 is 15.4 Å². The second-order valence-electron chi connectivity index (χ2n) is 6.57. The molecule has 0 saturated heterocycles. The Morgan fingerprint density at radius 3 is 2.68 bits per heavy atom. The Kier molecular flexibility index (Phi) is 10.6. The quantitative estimate of drug-likeness (QED) is 0.298. The average molecular weight is 518 g/mol. The molecule has 0 atom stereocenters. The zero-order chi connectivity index (χ0) is 19.7. The summed E-state index contributed by atoms with van der Waals surface area (Å²) in [5.41, 5.74) is 0.771. The first-order valence-electron chi connectivity index (χ1n) is 8.87. The maximum atomic E-state index is 14.3. The van der Waals surface area contributed by atoms with Crippen molar-refractivity contribution >= 4 is 41.7 Å². The summed E-state index contributed by atoms with van der Waals surface area (Å²) in [6.07, 6.45) is 5.27. The summed E-state index contributed by atoms with van der Waals surface area (Å²) in [5, 5.41) is 6.55. The number of pyridine rings is 1. The maximum Gasteiger partial charge on any atom is 0.191 e. The summed E-state index contributed by atoms with van der Waals surface area (Å²) < 4.78 is 20.0. The van der Waals surface area contributed by atoms with Crippen LogP contribution in [0.15, 0.2) is 47.7 Å². The van der Waals surface area contributed by atoms with Gasteiger partial charge < -0.3 is 15.4 Å². The highest BCUT2D eigenvalue weighted by molar-refractivity contribution is 14.0. The molecule has 0 radical (unpaired) electrons. The highest BCUT2D eigenvalue weighted by Crippen LogP contribution is 2.24. The first-order chi connectivity index (χ1) is 12.9. The molecule has 2 N–H and O–H groups in total. The van der Waals surface area contributed by atoms with Gasteiger partial charge in [0, 0.05) is 24.0 Å². The van der Waals surface area contributed by atoms with Crippen molar-refractivity contribution in [2.45, 2.75) is 32.1 Å². The van der Waals surface area contributed by atoms with E-state index >= 15 is 0 Å². The third-order valence-electron chi connectivity index (χ3n) is 3.86. The Morgan fingerprint density at radius 2 is 2.07 bits per heavy atom. The molecule has 2 rings (SSSR count). The lowest BCUT2D eigenvalue weighted by Crippen LogP contribution is -2.43. The lowest BCUT2D eigenvalue weighted by molar-refractivity contribution is 0.440. The SMILES string of the molecule is CCNC(=NCc1ccc(Oc2cccnc2)c(F)c1)NCC(C)(C)SC.I. The van der Waals surface area contributed by atoms with E-state index in [9.17, 15) is 4.39 Å². The molecule has 0 fully saturated rings. The zero-order valence-corrected chi connectivity index (χ0v) is 19.8. The molecule has 28 heavy (non-hydrogen) atoms. The molecule has 0 aliphatic carbocycles. The molecule has 154 valence electrons. The summed E-state index contributed by atoms with van der Waals surface area (Å²) >= 11 is 1.79. The number of thioether (sulfide) groups is 1. The highest BCUT2D eigenvalue weighted by Gasteiger charge is 2.16. The van der Waals surface area contributed by atoms with E-state index in [0.29, 0.717) is 12.3 Å². The van der Waals surface area contributed by atoms with Crippen molar-refractivity contribution in [3.63, 3.8) is 0 Å². The van der Waals surface area contributed by atoms with Crippen LogP contribution in [0.4, 0.5) is 4.39 Å². The van der Waals surface area contributed by atoms with Crippen LogP contribution in [0, 0.1) is 5.82 Å². The Labute approximate surface area is 188 Å². The standard InChI is InChI=1S/C20H27FN4OS.HI/c1-5-23-19(25-14-20(2,3)27-4)24-12-15-8-9-18(17(21)11-15)26-16-7-6-10-22-13-16;/h6-11,13H,5,12,14H2,1-4H3,(H2,23,24,25);1H. The zero-order valence-electron chi connectivity index (χ0n) is 16.7. The lowest BCUT2D eigenvalue weighted by atomic mass is 10.2. The van der Waals surface area contributed by atoms with Crippen molar-refractivity contribution < 1.29 is 9.13 Å². The second-order valence-corrected chi connectivity index (χ2v) is 8.08. The number of halogens is 2. The second kappa shape index (κ2) is 12.1. The third kappa shape index (κ3) is 8.22. The lowest BCUT2D eigenvalue weighted by Gasteiger charge is -2.23. The molecular weight excluding hydrogens is 490 g/mol. The predicted octanol–water partition coefficient (Wildman–Crippen LogP) is 4.83. The number of benzene rings is 1. The van der Waals surface area contributed by atoms with Crippen molar-refractivity contribution in [2.75, 3.05) is 19.3 Å². The molecular formula is C20H28FIN4OS. The minimum Gasteiger partial charge on any atom is -0.453 e. The largest absolute Gasteiger partial charge is 0.453 e. The van der Waals surface area contributed by atoms with Crippen LogP contribution in [0.3, 0.4) is 0 Å². The number of aromatic nitrogens is 1. The molecule has 0 aliphatic heterocycles. The van der Waals surface area contributed by atoms with E-state index in [-0.39, 0.29) is 34.5 Å². The van der Waals surface area contributed by atoms with Crippen LogP contribution in [-0.2, 0) is 6.54 Å².